The van der Waals surface area contributed by atoms with Gasteiger partial charge in [0.15, 0.2) is 0 Å². The second-order valence-corrected chi connectivity index (χ2v) is 12.3. The van der Waals surface area contributed by atoms with Gasteiger partial charge < -0.3 is 4.43 Å². The summed E-state index contributed by atoms with van der Waals surface area (Å²) >= 11 is 0. The summed E-state index contributed by atoms with van der Waals surface area (Å²) in [6.45, 7) is 7.19. The number of hydrogen-bond donors (Lipinski definition) is 0. The zero-order valence-corrected chi connectivity index (χ0v) is 17.9. The molecule has 0 bridgehead atoms. The van der Waals surface area contributed by atoms with Crippen molar-refractivity contribution in [3.8, 4) is 0 Å². The number of hydrogen-bond acceptors (Lipinski definition) is 2. The molecule has 0 atom stereocenters. The Morgan fingerprint density at radius 2 is 0.958 bits per heavy atom. The maximum atomic E-state index is 10.4. The van der Waals surface area contributed by atoms with Crippen molar-refractivity contribution in [2.45, 2.75) is 129 Å². The Bertz CT molecular complexity index is 267. The SMILES string of the molecule is CCCCCCCCCCCCCCCCCC[Si](C)(C)OC=O. The maximum Gasteiger partial charge on any atom is 0.279 e. The van der Waals surface area contributed by atoms with Gasteiger partial charge in [0.2, 0.25) is 8.32 Å². The van der Waals surface area contributed by atoms with E-state index in [0.717, 1.165) is 6.04 Å². The summed E-state index contributed by atoms with van der Waals surface area (Å²) in [5, 5.41) is 0. The van der Waals surface area contributed by atoms with Crippen molar-refractivity contribution in [2.75, 3.05) is 0 Å². The highest BCUT2D eigenvalue weighted by Gasteiger charge is 2.22. The van der Waals surface area contributed by atoms with E-state index in [2.05, 4.69) is 20.0 Å². The van der Waals surface area contributed by atoms with Gasteiger partial charge in [-0.1, -0.05) is 110 Å². The van der Waals surface area contributed by atoms with Gasteiger partial charge in [0.1, 0.15) is 0 Å². The summed E-state index contributed by atoms with van der Waals surface area (Å²) in [5.41, 5.74) is 0. The van der Waals surface area contributed by atoms with Gasteiger partial charge in [-0.3, -0.25) is 4.79 Å². The van der Waals surface area contributed by atoms with E-state index in [0.29, 0.717) is 6.47 Å². The molecule has 3 heteroatoms. The quantitative estimate of drug-likeness (QED) is 0.135. The standard InChI is InChI=1S/C21H44O2Si/c1-4-5-6-7-8-9-10-11-12-13-14-15-16-17-18-19-20-24(2,3)23-21-22/h21H,4-20H2,1-3H3. The fourth-order valence-corrected chi connectivity index (χ4v) is 4.77. The van der Waals surface area contributed by atoms with Crippen molar-refractivity contribution in [3.05, 3.63) is 0 Å². The molecule has 0 aliphatic heterocycles. The molecule has 0 saturated heterocycles. The van der Waals surface area contributed by atoms with Gasteiger partial charge in [0.25, 0.3) is 6.47 Å². The Hall–Kier alpha value is -0.313. The molecule has 0 radical (unpaired) electrons. The lowest BCUT2D eigenvalue weighted by atomic mass is 10.0. The summed E-state index contributed by atoms with van der Waals surface area (Å²) in [5.74, 6) is 0. The minimum Gasteiger partial charge on any atom is -0.522 e. The van der Waals surface area contributed by atoms with Crippen molar-refractivity contribution in [2.24, 2.45) is 0 Å². The molecule has 0 heterocycles. The lowest BCUT2D eigenvalue weighted by molar-refractivity contribution is -0.121. The molecule has 0 saturated carbocycles. The minimum absolute atomic E-state index is 0.638. The molecule has 0 aliphatic carbocycles. The Morgan fingerprint density at radius 1 is 0.625 bits per heavy atom. The highest BCUT2D eigenvalue weighted by molar-refractivity contribution is 6.72. The predicted molar refractivity (Wildman–Crippen MR) is 109 cm³/mol. The summed E-state index contributed by atoms with van der Waals surface area (Å²) in [7, 11) is -1.68. The first kappa shape index (κ1) is 23.7. The Morgan fingerprint density at radius 3 is 1.29 bits per heavy atom. The van der Waals surface area contributed by atoms with Crippen molar-refractivity contribution in [3.63, 3.8) is 0 Å². The smallest absolute Gasteiger partial charge is 0.279 e. The van der Waals surface area contributed by atoms with E-state index in [-0.39, 0.29) is 0 Å². The van der Waals surface area contributed by atoms with E-state index in [9.17, 15) is 4.79 Å². The number of carbonyl (C=O) groups is 1. The van der Waals surface area contributed by atoms with Gasteiger partial charge in [0, 0.05) is 0 Å². The highest BCUT2D eigenvalue weighted by Crippen LogP contribution is 2.17. The molecule has 0 spiro atoms. The fraction of sp³-hybridized carbons (Fsp3) is 0.952. The van der Waals surface area contributed by atoms with E-state index < -0.39 is 8.32 Å². The van der Waals surface area contributed by atoms with Crippen LogP contribution in [0, 0.1) is 0 Å². The molecule has 0 rings (SSSR count). The molecule has 0 aromatic rings. The number of unbranched alkanes of at least 4 members (excludes halogenated alkanes) is 15. The Kier molecular flexibility index (Phi) is 17.3. The van der Waals surface area contributed by atoms with Crippen molar-refractivity contribution >= 4 is 14.8 Å². The summed E-state index contributed by atoms with van der Waals surface area (Å²) in [6, 6.07) is 1.12. The van der Waals surface area contributed by atoms with Crippen molar-refractivity contribution in [1.82, 2.24) is 0 Å². The lowest BCUT2D eigenvalue weighted by Gasteiger charge is -2.19. The fourth-order valence-electron chi connectivity index (χ4n) is 3.29. The van der Waals surface area contributed by atoms with Gasteiger partial charge in [-0.25, -0.2) is 0 Å². The molecule has 0 fully saturated rings. The Labute approximate surface area is 153 Å². The van der Waals surface area contributed by atoms with Crippen LogP contribution in [0.1, 0.15) is 110 Å². The molecule has 144 valence electrons. The van der Waals surface area contributed by atoms with Crippen LogP contribution in [0.3, 0.4) is 0 Å². The normalized spacial score (nSPS) is 11.6. The largest absolute Gasteiger partial charge is 0.522 e. The Balaban J connectivity index is 3.11. The van der Waals surface area contributed by atoms with Crippen LogP contribution in [-0.4, -0.2) is 14.8 Å². The van der Waals surface area contributed by atoms with E-state index in [4.69, 9.17) is 4.43 Å². The number of carbonyl (C=O) groups excluding carboxylic acids is 1. The molecule has 0 aromatic carbocycles. The first-order valence-corrected chi connectivity index (χ1v) is 13.9. The van der Waals surface area contributed by atoms with Crippen molar-refractivity contribution < 1.29 is 9.22 Å². The third-order valence-electron chi connectivity index (χ3n) is 5.00. The second-order valence-electron chi connectivity index (χ2n) is 8.03. The predicted octanol–water partition coefficient (Wildman–Crippen LogP) is 7.63. The summed E-state index contributed by atoms with van der Waals surface area (Å²) in [6.07, 6.45) is 22.5. The van der Waals surface area contributed by atoms with Gasteiger partial charge in [0.05, 0.1) is 0 Å². The van der Waals surface area contributed by atoms with Crippen LogP contribution >= 0.6 is 0 Å². The van der Waals surface area contributed by atoms with Gasteiger partial charge >= 0.3 is 0 Å². The molecule has 24 heavy (non-hydrogen) atoms. The first-order chi connectivity index (χ1) is 11.6. The first-order valence-electron chi connectivity index (χ1n) is 10.7. The summed E-state index contributed by atoms with van der Waals surface area (Å²) in [4.78, 5) is 10.4. The third kappa shape index (κ3) is 18.0. The lowest BCUT2D eigenvalue weighted by Crippen LogP contribution is -2.29. The molecule has 0 amide bonds. The van der Waals surface area contributed by atoms with Crippen LogP contribution in [0.5, 0.6) is 0 Å². The van der Waals surface area contributed by atoms with Crippen LogP contribution in [0.25, 0.3) is 0 Å². The van der Waals surface area contributed by atoms with Gasteiger partial charge in [-0.15, -0.1) is 0 Å². The second kappa shape index (κ2) is 17.5. The van der Waals surface area contributed by atoms with E-state index >= 15 is 0 Å². The van der Waals surface area contributed by atoms with Crippen molar-refractivity contribution in [1.29, 1.82) is 0 Å². The number of rotatable bonds is 19. The molecule has 0 aromatic heterocycles. The maximum absolute atomic E-state index is 10.4. The van der Waals surface area contributed by atoms with Crippen LogP contribution in [0.2, 0.25) is 19.1 Å². The van der Waals surface area contributed by atoms with Gasteiger partial charge in [-0.2, -0.15) is 0 Å². The third-order valence-corrected chi connectivity index (χ3v) is 7.29. The average Bonchev–Trinajstić information content (AvgIpc) is 2.54. The molecular weight excluding hydrogens is 312 g/mol. The minimum atomic E-state index is -1.68. The van der Waals surface area contributed by atoms with E-state index in [1.807, 2.05) is 0 Å². The zero-order chi connectivity index (χ0) is 17.9. The molecule has 2 nitrogen and oxygen atoms in total. The van der Waals surface area contributed by atoms with E-state index in [1.165, 1.54) is 103 Å². The van der Waals surface area contributed by atoms with Crippen LogP contribution in [0.15, 0.2) is 0 Å². The average molecular weight is 357 g/mol. The molecular formula is C21H44O2Si. The molecule has 0 N–H and O–H groups in total. The molecule has 0 aliphatic rings. The zero-order valence-electron chi connectivity index (χ0n) is 16.9. The summed E-state index contributed by atoms with van der Waals surface area (Å²) < 4.78 is 5.21. The molecule has 0 unspecified atom stereocenters. The monoisotopic (exact) mass is 356 g/mol. The topological polar surface area (TPSA) is 26.3 Å². The van der Waals surface area contributed by atoms with Gasteiger partial charge in [-0.05, 0) is 19.1 Å². The van der Waals surface area contributed by atoms with E-state index in [1.54, 1.807) is 0 Å². The highest BCUT2D eigenvalue weighted by atomic mass is 28.4. The van der Waals surface area contributed by atoms with Crippen LogP contribution < -0.4 is 0 Å². The van der Waals surface area contributed by atoms with Crippen LogP contribution in [-0.2, 0) is 9.22 Å². The van der Waals surface area contributed by atoms with Crippen LogP contribution in [0.4, 0.5) is 0 Å².